The maximum absolute atomic E-state index is 10.7. The summed E-state index contributed by atoms with van der Waals surface area (Å²) in [4.78, 5) is 10.7. The number of hydrogen-bond acceptors (Lipinski definition) is 3. The molecule has 0 fully saturated rings. The molecule has 0 radical (unpaired) electrons. The van der Waals surface area contributed by atoms with Crippen LogP contribution in [0.3, 0.4) is 0 Å². The number of carboxylic acid groups (broad SMARTS) is 1. The molecule has 1 aromatic carbocycles. The fourth-order valence-electron chi connectivity index (χ4n) is 1.41. The summed E-state index contributed by atoms with van der Waals surface area (Å²) < 4.78 is 0. The summed E-state index contributed by atoms with van der Waals surface area (Å²) in [6.07, 6.45) is 2.16. The van der Waals surface area contributed by atoms with E-state index in [1.165, 1.54) is 6.07 Å². The van der Waals surface area contributed by atoms with Gasteiger partial charge in [-0.1, -0.05) is 0 Å². The third-order valence-electron chi connectivity index (χ3n) is 2.13. The van der Waals surface area contributed by atoms with Gasteiger partial charge in [0.25, 0.3) is 0 Å². The SMILES string of the molecule is O=C(O)c1ccc2c(c1)CC=C(O)N2. The number of benzene rings is 1. The summed E-state index contributed by atoms with van der Waals surface area (Å²) in [7, 11) is 0. The molecule has 0 bridgehead atoms. The van der Waals surface area contributed by atoms with Crippen LogP contribution in [0.4, 0.5) is 5.69 Å². The Labute approximate surface area is 80.5 Å². The topological polar surface area (TPSA) is 69.6 Å². The van der Waals surface area contributed by atoms with Crippen LogP contribution in [0.15, 0.2) is 30.2 Å². The second-order valence-electron chi connectivity index (χ2n) is 3.10. The fraction of sp³-hybridized carbons (Fsp3) is 0.100. The zero-order chi connectivity index (χ0) is 10.1. The molecule has 3 N–H and O–H groups in total. The summed E-state index contributed by atoms with van der Waals surface area (Å²) in [5.74, 6) is -0.827. The van der Waals surface area contributed by atoms with Gasteiger partial charge < -0.3 is 15.5 Å². The lowest BCUT2D eigenvalue weighted by molar-refractivity contribution is 0.0697. The molecule has 0 spiro atoms. The van der Waals surface area contributed by atoms with Crippen LogP contribution < -0.4 is 5.32 Å². The van der Waals surface area contributed by atoms with E-state index in [4.69, 9.17) is 10.2 Å². The van der Waals surface area contributed by atoms with Crippen molar-refractivity contribution < 1.29 is 15.0 Å². The zero-order valence-electron chi connectivity index (χ0n) is 7.32. The number of hydrogen-bond donors (Lipinski definition) is 3. The minimum Gasteiger partial charge on any atom is -0.495 e. The highest BCUT2D eigenvalue weighted by atomic mass is 16.4. The van der Waals surface area contributed by atoms with Crippen molar-refractivity contribution in [3.8, 4) is 0 Å². The Kier molecular flexibility index (Phi) is 1.89. The van der Waals surface area contributed by atoms with Gasteiger partial charge in [0.2, 0.25) is 0 Å². The molecule has 1 aliphatic rings. The molecule has 0 saturated carbocycles. The van der Waals surface area contributed by atoms with E-state index in [9.17, 15) is 4.79 Å². The van der Waals surface area contributed by atoms with Gasteiger partial charge in [-0.15, -0.1) is 0 Å². The Hall–Kier alpha value is -1.97. The van der Waals surface area contributed by atoms with Gasteiger partial charge in [-0.3, -0.25) is 0 Å². The van der Waals surface area contributed by atoms with Gasteiger partial charge in [-0.2, -0.15) is 0 Å². The molecule has 1 aliphatic heterocycles. The van der Waals surface area contributed by atoms with E-state index in [-0.39, 0.29) is 11.4 Å². The first-order valence-corrected chi connectivity index (χ1v) is 4.19. The molecule has 0 atom stereocenters. The lowest BCUT2D eigenvalue weighted by atomic mass is 10.0. The van der Waals surface area contributed by atoms with Gasteiger partial charge >= 0.3 is 5.97 Å². The lowest BCUT2D eigenvalue weighted by Crippen LogP contribution is -2.08. The summed E-state index contributed by atoms with van der Waals surface area (Å²) in [6, 6.07) is 4.77. The second-order valence-corrected chi connectivity index (χ2v) is 3.10. The largest absolute Gasteiger partial charge is 0.495 e. The smallest absolute Gasteiger partial charge is 0.335 e. The highest BCUT2D eigenvalue weighted by molar-refractivity contribution is 5.88. The van der Waals surface area contributed by atoms with E-state index in [0.29, 0.717) is 6.42 Å². The van der Waals surface area contributed by atoms with Crippen molar-refractivity contribution in [1.29, 1.82) is 0 Å². The number of nitrogens with one attached hydrogen (secondary N) is 1. The average Bonchev–Trinajstić information content (AvgIpc) is 2.16. The standard InChI is InChI=1S/C10H9NO3/c12-9-4-2-6-5-7(10(13)14)1-3-8(6)11-9/h1,3-5,11-12H,2H2,(H,13,14). The Morgan fingerprint density at radius 2 is 2.21 bits per heavy atom. The number of carboxylic acids is 1. The van der Waals surface area contributed by atoms with Crippen molar-refractivity contribution in [3.05, 3.63) is 41.3 Å². The molecular weight excluding hydrogens is 182 g/mol. The number of carbonyl (C=O) groups is 1. The van der Waals surface area contributed by atoms with Crippen LogP contribution >= 0.6 is 0 Å². The number of fused-ring (bicyclic) bond motifs is 1. The van der Waals surface area contributed by atoms with E-state index >= 15 is 0 Å². The maximum Gasteiger partial charge on any atom is 0.335 e. The predicted molar refractivity (Wildman–Crippen MR) is 51.4 cm³/mol. The molecule has 14 heavy (non-hydrogen) atoms. The third-order valence-corrected chi connectivity index (χ3v) is 2.13. The number of aromatic carboxylic acids is 1. The maximum atomic E-state index is 10.7. The summed E-state index contributed by atoms with van der Waals surface area (Å²) in [5, 5.41) is 20.7. The predicted octanol–water partition coefficient (Wildman–Crippen LogP) is 1.75. The molecule has 4 nitrogen and oxygen atoms in total. The Morgan fingerprint density at radius 1 is 1.43 bits per heavy atom. The molecule has 0 aliphatic carbocycles. The number of aliphatic hydroxyl groups excluding tert-OH is 1. The van der Waals surface area contributed by atoms with Crippen LogP contribution in [-0.2, 0) is 6.42 Å². The summed E-state index contributed by atoms with van der Waals surface area (Å²) in [5.41, 5.74) is 1.90. The minimum absolute atomic E-state index is 0.112. The first-order valence-electron chi connectivity index (χ1n) is 4.19. The van der Waals surface area contributed by atoms with Crippen LogP contribution in [0.5, 0.6) is 0 Å². The van der Waals surface area contributed by atoms with Gasteiger partial charge in [0, 0.05) is 5.69 Å². The van der Waals surface area contributed by atoms with E-state index in [0.717, 1.165) is 11.3 Å². The molecule has 2 rings (SSSR count). The number of rotatable bonds is 1. The van der Waals surface area contributed by atoms with Crippen LogP contribution in [0.25, 0.3) is 0 Å². The van der Waals surface area contributed by atoms with Crippen molar-refractivity contribution in [3.63, 3.8) is 0 Å². The lowest BCUT2D eigenvalue weighted by Gasteiger charge is -2.15. The molecule has 0 unspecified atom stereocenters. The van der Waals surface area contributed by atoms with Gasteiger partial charge in [0.05, 0.1) is 5.56 Å². The number of allylic oxidation sites excluding steroid dienone is 1. The van der Waals surface area contributed by atoms with Gasteiger partial charge in [0.1, 0.15) is 0 Å². The van der Waals surface area contributed by atoms with Gasteiger partial charge in [-0.25, -0.2) is 4.79 Å². The molecule has 0 saturated heterocycles. The molecule has 0 aromatic heterocycles. The molecule has 1 heterocycles. The Bertz CT molecular complexity index is 423. The highest BCUT2D eigenvalue weighted by Crippen LogP contribution is 2.23. The normalized spacial score (nSPS) is 13.9. The van der Waals surface area contributed by atoms with Gasteiger partial charge in [0.15, 0.2) is 5.88 Å². The van der Waals surface area contributed by atoms with Crippen molar-refractivity contribution in [2.24, 2.45) is 0 Å². The van der Waals surface area contributed by atoms with E-state index in [2.05, 4.69) is 5.32 Å². The summed E-state index contributed by atoms with van der Waals surface area (Å²) >= 11 is 0. The zero-order valence-corrected chi connectivity index (χ0v) is 7.32. The van der Waals surface area contributed by atoms with E-state index < -0.39 is 5.97 Å². The average molecular weight is 191 g/mol. The van der Waals surface area contributed by atoms with Crippen LogP contribution in [0.1, 0.15) is 15.9 Å². The van der Waals surface area contributed by atoms with E-state index in [1.807, 2.05) is 0 Å². The number of anilines is 1. The Morgan fingerprint density at radius 3 is 2.93 bits per heavy atom. The molecule has 4 heteroatoms. The molecular formula is C10H9NO3. The summed E-state index contributed by atoms with van der Waals surface area (Å²) in [6.45, 7) is 0. The third kappa shape index (κ3) is 1.42. The molecule has 0 amide bonds. The van der Waals surface area contributed by atoms with Gasteiger partial charge in [-0.05, 0) is 36.3 Å². The van der Waals surface area contributed by atoms with Crippen molar-refractivity contribution in [2.75, 3.05) is 5.32 Å². The van der Waals surface area contributed by atoms with Crippen molar-refractivity contribution in [2.45, 2.75) is 6.42 Å². The number of aliphatic hydroxyl groups is 1. The molecule has 1 aromatic rings. The second kappa shape index (κ2) is 3.06. The van der Waals surface area contributed by atoms with Crippen molar-refractivity contribution in [1.82, 2.24) is 0 Å². The first kappa shape index (κ1) is 8.62. The quantitative estimate of drug-likeness (QED) is 0.632. The highest BCUT2D eigenvalue weighted by Gasteiger charge is 2.11. The fourth-order valence-corrected chi connectivity index (χ4v) is 1.41. The van der Waals surface area contributed by atoms with E-state index in [1.54, 1.807) is 18.2 Å². The van der Waals surface area contributed by atoms with Crippen molar-refractivity contribution >= 4 is 11.7 Å². The minimum atomic E-state index is -0.938. The first-order chi connectivity index (χ1) is 6.66. The Balaban J connectivity index is 2.40. The van der Waals surface area contributed by atoms with Crippen LogP contribution in [0, 0.1) is 0 Å². The monoisotopic (exact) mass is 191 g/mol. The molecule has 72 valence electrons. The van der Waals surface area contributed by atoms with Crippen LogP contribution in [-0.4, -0.2) is 16.2 Å². The van der Waals surface area contributed by atoms with Crippen LogP contribution in [0.2, 0.25) is 0 Å².